The number of methoxy groups -OCH3 is 1. The number of amides is 1. The highest BCUT2D eigenvalue weighted by molar-refractivity contribution is 6.06. The van der Waals surface area contributed by atoms with Crippen molar-refractivity contribution in [1.82, 2.24) is 9.47 Å². The first-order valence-corrected chi connectivity index (χ1v) is 8.74. The summed E-state index contributed by atoms with van der Waals surface area (Å²) >= 11 is 0. The molecule has 0 unspecified atom stereocenters. The molecule has 1 atom stereocenters. The Morgan fingerprint density at radius 2 is 1.72 bits per heavy atom. The number of hydrogen-bond donors (Lipinski definition) is 0. The second kappa shape index (κ2) is 7.02. The summed E-state index contributed by atoms with van der Waals surface area (Å²) in [5.74, 6) is -0.740. The molecule has 1 aliphatic carbocycles. The van der Waals surface area contributed by atoms with Crippen molar-refractivity contribution in [3.8, 4) is 0 Å². The van der Waals surface area contributed by atoms with Gasteiger partial charge in [-0.15, -0.1) is 0 Å². The maximum atomic E-state index is 13.2. The van der Waals surface area contributed by atoms with Gasteiger partial charge < -0.3 is 14.2 Å². The Morgan fingerprint density at radius 1 is 1.16 bits per heavy atom. The molecule has 6 heteroatoms. The molecule has 1 aromatic rings. The molecule has 1 aliphatic rings. The predicted molar refractivity (Wildman–Crippen MR) is 94.7 cm³/mol. The van der Waals surface area contributed by atoms with Crippen molar-refractivity contribution in [2.75, 3.05) is 7.11 Å². The smallest absolute Gasteiger partial charge is 0.354 e. The van der Waals surface area contributed by atoms with Crippen molar-refractivity contribution in [3.05, 3.63) is 22.5 Å². The molecule has 2 rings (SSSR count). The lowest BCUT2D eigenvalue weighted by Crippen LogP contribution is -2.46. The number of carbonyl (C=O) groups is 3. The van der Waals surface area contributed by atoms with E-state index in [2.05, 4.69) is 0 Å². The molecule has 0 aliphatic heterocycles. The molecule has 25 heavy (non-hydrogen) atoms. The molecule has 1 heterocycles. The Labute approximate surface area is 149 Å². The monoisotopic (exact) mass is 348 g/mol. The van der Waals surface area contributed by atoms with Crippen molar-refractivity contribution in [1.29, 1.82) is 0 Å². The second-order valence-electron chi connectivity index (χ2n) is 7.16. The molecule has 6 nitrogen and oxygen atoms in total. The summed E-state index contributed by atoms with van der Waals surface area (Å²) in [5, 5.41) is 0. The molecular formula is C19H28N2O4. The summed E-state index contributed by atoms with van der Waals surface area (Å²) < 4.78 is 6.52. The molecule has 1 amide bonds. The van der Waals surface area contributed by atoms with Gasteiger partial charge in [-0.05, 0) is 39.2 Å². The van der Waals surface area contributed by atoms with Gasteiger partial charge in [-0.1, -0.05) is 13.8 Å². The van der Waals surface area contributed by atoms with Crippen LogP contribution in [0.15, 0.2) is 0 Å². The summed E-state index contributed by atoms with van der Waals surface area (Å²) in [6.45, 7) is 9.05. The topological polar surface area (TPSA) is 68.6 Å². The van der Waals surface area contributed by atoms with Gasteiger partial charge in [-0.25, -0.2) is 4.79 Å². The zero-order valence-electron chi connectivity index (χ0n) is 16.2. The van der Waals surface area contributed by atoms with Gasteiger partial charge in [-0.3, -0.25) is 9.59 Å². The first kappa shape index (κ1) is 19.2. The third-order valence-corrected chi connectivity index (χ3v) is 5.04. The molecule has 1 aromatic heterocycles. The highest BCUT2D eigenvalue weighted by atomic mass is 16.5. The normalized spacial score (nSPS) is 15.2. The predicted octanol–water partition coefficient (Wildman–Crippen LogP) is 2.65. The number of ether oxygens (including phenoxy) is 1. The van der Waals surface area contributed by atoms with Gasteiger partial charge in [-0.2, -0.15) is 0 Å². The van der Waals surface area contributed by atoms with E-state index in [0.717, 1.165) is 12.8 Å². The van der Waals surface area contributed by atoms with Crippen LogP contribution in [0.4, 0.5) is 0 Å². The second-order valence-corrected chi connectivity index (χ2v) is 7.16. The van der Waals surface area contributed by atoms with Crippen LogP contribution >= 0.6 is 0 Å². The highest BCUT2D eigenvalue weighted by Gasteiger charge is 2.40. The zero-order chi connectivity index (χ0) is 19.0. The van der Waals surface area contributed by atoms with Crippen molar-refractivity contribution in [2.24, 2.45) is 13.0 Å². The Bertz CT molecular complexity index is 713. The number of ketones is 1. The molecule has 138 valence electrons. The number of carbonyl (C=O) groups excluding carboxylic acids is 3. The van der Waals surface area contributed by atoms with Crippen LogP contribution in [0.3, 0.4) is 0 Å². The van der Waals surface area contributed by atoms with Crippen LogP contribution in [0.5, 0.6) is 0 Å². The van der Waals surface area contributed by atoms with E-state index in [-0.39, 0.29) is 23.7 Å². The van der Waals surface area contributed by atoms with Crippen LogP contribution in [-0.2, 0) is 16.6 Å². The third-order valence-electron chi connectivity index (χ3n) is 5.04. The average molecular weight is 348 g/mol. The minimum absolute atomic E-state index is 0.00257. The van der Waals surface area contributed by atoms with Gasteiger partial charge in [0.25, 0.3) is 0 Å². The lowest BCUT2D eigenvalue weighted by atomic mass is 9.99. The van der Waals surface area contributed by atoms with E-state index in [4.69, 9.17) is 4.74 Å². The van der Waals surface area contributed by atoms with Crippen molar-refractivity contribution in [3.63, 3.8) is 0 Å². The fourth-order valence-corrected chi connectivity index (χ4v) is 3.40. The van der Waals surface area contributed by atoms with E-state index < -0.39 is 12.0 Å². The third kappa shape index (κ3) is 3.34. The van der Waals surface area contributed by atoms with E-state index in [1.54, 1.807) is 30.4 Å². The number of rotatable bonds is 6. The summed E-state index contributed by atoms with van der Waals surface area (Å²) in [7, 11) is 3.07. The van der Waals surface area contributed by atoms with Gasteiger partial charge >= 0.3 is 5.97 Å². The van der Waals surface area contributed by atoms with Crippen LogP contribution in [0.1, 0.15) is 65.7 Å². The molecule has 0 aromatic carbocycles. The van der Waals surface area contributed by atoms with E-state index in [1.165, 1.54) is 7.11 Å². The van der Waals surface area contributed by atoms with Crippen LogP contribution < -0.4 is 0 Å². The van der Waals surface area contributed by atoms with Crippen LogP contribution in [0.2, 0.25) is 0 Å². The maximum Gasteiger partial charge on any atom is 0.354 e. The Hall–Kier alpha value is -2.11. The largest absolute Gasteiger partial charge is 0.464 e. The maximum absolute atomic E-state index is 13.2. The summed E-state index contributed by atoms with van der Waals surface area (Å²) in [6, 6.07) is -0.397. The lowest BCUT2D eigenvalue weighted by Gasteiger charge is -2.30. The fourth-order valence-electron chi connectivity index (χ4n) is 3.40. The summed E-state index contributed by atoms with van der Waals surface area (Å²) in [4.78, 5) is 39.6. The van der Waals surface area contributed by atoms with Gasteiger partial charge in [0, 0.05) is 30.3 Å². The molecule has 1 saturated carbocycles. The van der Waals surface area contributed by atoms with Crippen LogP contribution in [-0.4, -0.2) is 46.3 Å². The van der Waals surface area contributed by atoms with E-state index in [9.17, 15) is 14.4 Å². The first-order chi connectivity index (χ1) is 11.6. The lowest BCUT2D eigenvalue weighted by molar-refractivity contribution is -0.136. The van der Waals surface area contributed by atoms with E-state index in [0.29, 0.717) is 22.5 Å². The minimum atomic E-state index is -0.548. The molecule has 0 N–H and O–H groups in total. The highest BCUT2D eigenvalue weighted by Crippen LogP contribution is 2.32. The van der Waals surface area contributed by atoms with Crippen molar-refractivity contribution >= 4 is 17.7 Å². The van der Waals surface area contributed by atoms with Crippen LogP contribution in [0.25, 0.3) is 0 Å². The Morgan fingerprint density at radius 3 is 2.16 bits per heavy atom. The molecule has 0 saturated heterocycles. The average Bonchev–Trinajstić information content (AvgIpc) is 3.35. The number of nitrogens with zero attached hydrogens (tertiary/aromatic N) is 2. The quantitative estimate of drug-likeness (QED) is 0.585. The van der Waals surface area contributed by atoms with Crippen molar-refractivity contribution < 1.29 is 19.1 Å². The zero-order valence-corrected chi connectivity index (χ0v) is 16.2. The number of aromatic nitrogens is 1. The number of hydrogen-bond acceptors (Lipinski definition) is 4. The van der Waals surface area contributed by atoms with Crippen molar-refractivity contribution in [2.45, 2.75) is 59.5 Å². The molecule has 0 spiro atoms. The molecule has 1 fully saturated rings. The van der Waals surface area contributed by atoms with Gasteiger partial charge in [0.1, 0.15) is 5.69 Å². The van der Waals surface area contributed by atoms with Gasteiger partial charge in [0.05, 0.1) is 13.2 Å². The number of esters is 1. The molecule has 0 radical (unpaired) electrons. The van der Waals surface area contributed by atoms with E-state index in [1.807, 2.05) is 20.8 Å². The minimum Gasteiger partial charge on any atom is -0.464 e. The SMILES string of the molecule is COC(=O)c1c(C)c(C(=O)[C@H](C)N(C(=O)C(C)C)C2CC2)c(C)n1C. The molecule has 0 bridgehead atoms. The Kier molecular flexibility index (Phi) is 5.40. The Balaban J connectivity index is 2.43. The van der Waals surface area contributed by atoms with Gasteiger partial charge in [0.15, 0.2) is 5.78 Å². The van der Waals surface area contributed by atoms with Crippen LogP contribution in [0, 0.1) is 19.8 Å². The standard InChI is InChI=1S/C19H28N2O4/c1-10(2)18(23)21(14-8-9-14)13(5)17(22)15-11(3)16(19(24)25-7)20(6)12(15)4/h10,13-14H,8-9H2,1-7H3/t13-/m0/s1. The first-order valence-electron chi connectivity index (χ1n) is 8.74. The molecular weight excluding hydrogens is 320 g/mol. The number of Topliss-reactive ketones (excluding diaryl/α,β-unsaturated/α-hetero) is 1. The summed E-state index contributed by atoms with van der Waals surface area (Å²) in [5.41, 5.74) is 2.21. The fraction of sp³-hybridized carbons (Fsp3) is 0.632. The van der Waals surface area contributed by atoms with E-state index >= 15 is 0 Å². The van der Waals surface area contributed by atoms with Gasteiger partial charge in [0.2, 0.25) is 5.91 Å². The summed E-state index contributed by atoms with van der Waals surface area (Å²) in [6.07, 6.45) is 1.88.